The Morgan fingerprint density at radius 2 is 1.72 bits per heavy atom. The maximum absolute atomic E-state index is 14.0. The first-order valence-electron chi connectivity index (χ1n) is 13.1. The number of likely N-dealkylation sites (N-methyl/N-ethyl adjacent to an activating group) is 1. The van der Waals surface area contributed by atoms with Crippen molar-refractivity contribution in [3.8, 4) is 5.75 Å². The number of ketones is 4. The number of nitrogens with zero attached hydrogens (tertiary/aromatic N) is 4. The van der Waals surface area contributed by atoms with Crippen LogP contribution in [0.3, 0.4) is 0 Å². The van der Waals surface area contributed by atoms with Gasteiger partial charge in [0, 0.05) is 25.6 Å². The molecule has 4 rings (SSSR count). The molecule has 6 atom stereocenters. The molecule has 0 spiro atoms. The van der Waals surface area contributed by atoms with Gasteiger partial charge in [-0.15, -0.1) is 0 Å². The molecule has 0 aliphatic heterocycles. The van der Waals surface area contributed by atoms with Crippen molar-refractivity contribution >= 4 is 34.9 Å². The van der Waals surface area contributed by atoms with Crippen LogP contribution >= 0.6 is 0 Å². The molecule has 1 amide bonds. The minimum atomic E-state index is -2.74. The van der Waals surface area contributed by atoms with Gasteiger partial charge in [-0.05, 0) is 66.3 Å². The largest absolute Gasteiger partial charge is 0.505 e. The van der Waals surface area contributed by atoms with E-state index < -0.39 is 64.4 Å². The number of carbonyl (C=O) groups is 5. The van der Waals surface area contributed by atoms with E-state index in [9.17, 15) is 34.2 Å². The Balaban J connectivity index is 1.84. The van der Waals surface area contributed by atoms with E-state index in [2.05, 4.69) is 4.98 Å². The number of carbonyl (C=O) groups excluding carboxylic acids is 5. The molecule has 12 nitrogen and oxygen atoms in total. The molecule has 3 aliphatic rings. The van der Waals surface area contributed by atoms with E-state index in [4.69, 9.17) is 5.73 Å². The highest BCUT2D eigenvalue weighted by Crippen LogP contribution is 2.51. The van der Waals surface area contributed by atoms with Crippen LogP contribution in [0.15, 0.2) is 0 Å². The lowest BCUT2D eigenvalue weighted by Gasteiger charge is -2.52. The molecule has 2 fully saturated rings. The number of aliphatic hydroxyl groups is 1. The number of pyridine rings is 1. The summed E-state index contributed by atoms with van der Waals surface area (Å²) < 4.78 is 0. The monoisotopic (exact) mass is 543 g/mol. The van der Waals surface area contributed by atoms with Crippen molar-refractivity contribution in [2.75, 3.05) is 53.7 Å². The zero-order chi connectivity index (χ0) is 29.1. The Morgan fingerprint density at radius 3 is 2.26 bits per heavy atom. The summed E-state index contributed by atoms with van der Waals surface area (Å²) >= 11 is 0. The summed E-state index contributed by atoms with van der Waals surface area (Å²) in [6.45, 7) is 0.732. The van der Waals surface area contributed by atoms with Crippen LogP contribution in [0.5, 0.6) is 5.75 Å². The lowest BCUT2D eigenvalue weighted by atomic mass is 9.52. The van der Waals surface area contributed by atoms with E-state index in [-0.39, 0.29) is 24.2 Å². The number of aromatic hydroxyl groups is 1. The van der Waals surface area contributed by atoms with E-state index in [1.165, 1.54) is 4.90 Å². The Kier molecular flexibility index (Phi) is 7.43. The van der Waals surface area contributed by atoms with Gasteiger partial charge in [-0.25, -0.2) is 4.98 Å². The molecule has 0 saturated heterocycles. The molecule has 2 unspecified atom stereocenters. The van der Waals surface area contributed by atoms with Gasteiger partial charge in [0.05, 0.1) is 23.2 Å². The van der Waals surface area contributed by atoms with Crippen molar-refractivity contribution in [1.82, 2.24) is 14.8 Å². The third-order valence-electron chi connectivity index (χ3n) is 8.42. The van der Waals surface area contributed by atoms with E-state index >= 15 is 0 Å². The average Bonchev–Trinajstić information content (AvgIpc) is 2.81. The molecular formula is C27H37N5O7. The molecule has 2 saturated carbocycles. The summed E-state index contributed by atoms with van der Waals surface area (Å²) in [6, 6.07) is -1.13. The summed E-state index contributed by atoms with van der Waals surface area (Å²) in [4.78, 5) is 76.5. The number of Topliss-reactive ketones (excluding diaryl/α,β-unsaturated/α-hetero) is 4. The van der Waals surface area contributed by atoms with Crippen LogP contribution in [-0.4, -0.2) is 115 Å². The highest BCUT2D eigenvalue weighted by atomic mass is 16.3. The predicted octanol–water partition coefficient (Wildman–Crippen LogP) is -1.18. The first-order chi connectivity index (χ1) is 18.1. The van der Waals surface area contributed by atoms with E-state index in [1.54, 1.807) is 33.1 Å². The molecule has 4 N–H and O–H groups in total. The van der Waals surface area contributed by atoms with Crippen LogP contribution in [0, 0.1) is 23.7 Å². The molecule has 0 bridgehead atoms. The lowest BCUT2D eigenvalue weighted by molar-refractivity contribution is -0.181. The fourth-order valence-electron chi connectivity index (χ4n) is 6.70. The van der Waals surface area contributed by atoms with Gasteiger partial charge in [0.1, 0.15) is 11.6 Å². The predicted molar refractivity (Wildman–Crippen MR) is 140 cm³/mol. The third-order valence-corrected chi connectivity index (χ3v) is 8.42. The quantitative estimate of drug-likeness (QED) is 0.353. The molecule has 12 heteroatoms. The van der Waals surface area contributed by atoms with Crippen LogP contribution in [0.4, 0.5) is 5.82 Å². The normalized spacial score (nSPS) is 30.3. The van der Waals surface area contributed by atoms with E-state index in [0.717, 1.165) is 6.54 Å². The van der Waals surface area contributed by atoms with Crippen molar-refractivity contribution in [2.45, 2.75) is 37.3 Å². The standard InChI is InChI=1S/C27H37N5O7/c1-30(2)9-7-8-15-20(33)17-13(26(29-15)32(5)6)10-12-11-14-19(31(3)4)22(35)18(25(28)38)24(37)27(14,39)23(36)16(12)21(17)34/h12,14,16,18-19,33,39H,7-11H2,1-6H3,(H2,28,38)/t12-,14-,16?,18?,19-,27-/m0/s1. The Labute approximate surface area is 227 Å². The second kappa shape index (κ2) is 10.1. The van der Waals surface area contributed by atoms with Crippen molar-refractivity contribution in [3.05, 3.63) is 16.8 Å². The van der Waals surface area contributed by atoms with Gasteiger partial charge in [0.15, 0.2) is 34.7 Å². The Hall–Kier alpha value is -3.22. The second-order valence-corrected chi connectivity index (χ2v) is 11.7. The average molecular weight is 544 g/mol. The summed E-state index contributed by atoms with van der Waals surface area (Å²) in [5, 5.41) is 22.9. The maximum atomic E-state index is 14.0. The highest BCUT2D eigenvalue weighted by molar-refractivity contribution is 6.32. The van der Waals surface area contributed by atoms with Gasteiger partial charge >= 0.3 is 0 Å². The molecule has 0 radical (unpaired) electrons. The number of fused-ring (bicyclic) bond motifs is 3. The van der Waals surface area contributed by atoms with Crippen molar-refractivity contribution in [1.29, 1.82) is 0 Å². The van der Waals surface area contributed by atoms with Gasteiger partial charge in [0.2, 0.25) is 5.91 Å². The second-order valence-electron chi connectivity index (χ2n) is 11.7. The number of rotatable bonds is 7. The van der Waals surface area contributed by atoms with Crippen LogP contribution in [0.1, 0.15) is 34.5 Å². The minimum Gasteiger partial charge on any atom is -0.505 e. The number of aryl methyl sites for hydroxylation is 1. The molecule has 39 heavy (non-hydrogen) atoms. The smallest absolute Gasteiger partial charge is 0.235 e. The van der Waals surface area contributed by atoms with Gasteiger partial charge in [-0.2, -0.15) is 0 Å². The summed E-state index contributed by atoms with van der Waals surface area (Å²) in [6.07, 6.45) is 1.24. The summed E-state index contributed by atoms with van der Waals surface area (Å²) in [5.74, 6) is -10.1. The minimum absolute atomic E-state index is 0.00210. The number of anilines is 1. The molecule has 0 aromatic carbocycles. The highest BCUT2D eigenvalue weighted by Gasteiger charge is 2.69. The third kappa shape index (κ3) is 4.34. The first-order valence-corrected chi connectivity index (χ1v) is 13.1. The number of amides is 1. The summed E-state index contributed by atoms with van der Waals surface area (Å²) in [5.41, 5.74) is 3.41. The van der Waals surface area contributed by atoms with E-state index in [1.807, 2.05) is 19.0 Å². The Morgan fingerprint density at radius 1 is 1.08 bits per heavy atom. The van der Waals surface area contributed by atoms with Crippen molar-refractivity contribution < 1.29 is 34.2 Å². The zero-order valence-corrected chi connectivity index (χ0v) is 23.2. The summed E-state index contributed by atoms with van der Waals surface area (Å²) in [7, 11) is 10.5. The van der Waals surface area contributed by atoms with Crippen LogP contribution < -0.4 is 10.6 Å². The molecular weight excluding hydrogens is 506 g/mol. The molecule has 1 aromatic heterocycles. The van der Waals surface area contributed by atoms with Crippen LogP contribution in [-0.2, 0) is 32.0 Å². The number of hydrogen-bond acceptors (Lipinski definition) is 11. The number of primary amides is 1. The maximum Gasteiger partial charge on any atom is 0.235 e. The van der Waals surface area contributed by atoms with Crippen molar-refractivity contribution in [2.24, 2.45) is 29.4 Å². The SMILES string of the molecule is CN(C)CCCc1nc(N(C)C)c2c(c1O)C(=O)C1C(=O)[C@]3(O)C(=O)C(C(N)=O)C(=O)[C@@H](N(C)C)[C@@H]3C[C@@H]1C2. The van der Waals surface area contributed by atoms with Gasteiger partial charge in [-0.1, -0.05) is 0 Å². The molecule has 1 heterocycles. The van der Waals surface area contributed by atoms with Crippen molar-refractivity contribution in [3.63, 3.8) is 0 Å². The fourth-order valence-corrected chi connectivity index (χ4v) is 6.70. The number of nitrogens with two attached hydrogens (primary N) is 1. The van der Waals surface area contributed by atoms with Gasteiger partial charge < -0.3 is 25.7 Å². The Bertz CT molecular complexity index is 1260. The van der Waals surface area contributed by atoms with Crippen LogP contribution in [0.2, 0.25) is 0 Å². The van der Waals surface area contributed by atoms with Gasteiger partial charge in [-0.3, -0.25) is 28.9 Å². The molecule has 3 aliphatic carbocycles. The number of aromatic nitrogens is 1. The number of hydrogen-bond donors (Lipinski definition) is 3. The van der Waals surface area contributed by atoms with Crippen LogP contribution in [0.25, 0.3) is 0 Å². The zero-order valence-electron chi connectivity index (χ0n) is 23.2. The first kappa shape index (κ1) is 28.8. The molecule has 212 valence electrons. The van der Waals surface area contributed by atoms with E-state index in [0.29, 0.717) is 29.9 Å². The fraction of sp³-hybridized carbons (Fsp3) is 0.630. The topological polar surface area (TPSA) is 174 Å². The molecule has 1 aromatic rings. The lowest BCUT2D eigenvalue weighted by Crippen LogP contribution is -2.74. The van der Waals surface area contributed by atoms with Gasteiger partial charge in [0.25, 0.3) is 0 Å².